The van der Waals surface area contributed by atoms with Crippen LogP contribution in [0.2, 0.25) is 5.02 Å². The third-order valence-electron chi connectivity index (χ3n) is 2.07. The number of allylic oxidation sites excluding steroid dienone is 1. The minimum Gasteiger partial charge on any atom is -0.349 e. The van der Waals surface area contributed by atoms with Crippen LogP contribution in [0.3, 0.4) is 0 Å². The average molecular weight is 258 g/mol. The van der Waals surface area contributed by atoms with E-state index in [1.807, 2.05) is 19.1 Å². The summed E-state index contributed by atoms with van der Waals surface area (Å²) in [4.78, 5) is 11.7. The molecule has 0 aliphatic rings. The van der Waals surface area contributed by atoms with Crippen molar-refractivity contribution in [3.05, 3.63) is 46.5 Å². The van der Waals surface area contributed by atoms with Gasteiger partial charge in [0.2, 0.25) is 0 Å². The number of hydrogen-bond donors (Lipinski definition) is 1. The fourth-order valence-electron chi connectivity index (χ4n) is 1.22. The fraction of sp³-hybridized carbons (Fsp3) is 0.250. The monoisotopic (exact) mass is 257 g/mol. The molecule has 1 aromatic rings. The van der Waals surface area contributed by atoms with Crippen LogP contribution in [0.15, 0.2) is 30.4 Å². The molecular formula is C12H13Cl2NO. The van der Waals surface area contributed by atoms with E-state index in [9.17, 15) is 4.79 Å². The van der Waals surface area contributed by atoms with Crippen molar-refractivity contribution in [1.82, 2.24) is 5.32 Å². The Bertz CT molecular complexity index is 402. The zero-order valence-corrected chi connectivity index (χ0v) is 10.5. The number of nitrogens with one attached hydrogen (secondary N) is 1. The number of carbonyl (C=O) groups excluding carboxylic acids is 1. The van der Waals surface area contributed by atoms with Crippen LogP contribution in [0.4, 0.5) is 0 Å². The van der Waals surface area contributed by atoms with Crippen LogP contribution in [0.25, 0.3) is 0 Å². The minimum absolute atomic E-state index is 0.173. The molecule has 0 bridgehead atoms. The first kappa shape index (κ1) is 13.1. The van der Waals surface area contributed by atoms with Crippen molar-refractivity contribution < 1.29 is 4.79 Å². The van der Waals surface area contributed by atoms with E-state index in [0.29, 0.717) is 23.0 Å². The SMILES string of the molecule is Cc1cccc(C(=O)NC/C=C/CCl)c1Cl. The standard InChI is InChI=1S/C12H13Cl2NO/c1-9-5-4-6-10(11(9)14)12(16)15-8-3-2-7-13/h2-6H,7-8H2,1H3,(H,15,16)/b3-2+. The minimum atomic E-state index is -0.173. The van der Waals surface area contributed by atoms with Gasteiger partial charge in [0.1, 0.15) is 0 Å². The van der Waals surface area contributed by atoms with Gasteiger partial charge < -0.3 is 5.32 Å². The molecule has 1 N–H and O–H groups in total. The van der Waals surface area contributed by atoms with E-state index in [4.69, 9.17) is 23.2 Å². The number of carbonyl (C=O) groups is 1. The zero-order valence-electron chi connectivity index (χ0n) is 8.97. The molecule has 1 amide bonds. The predicted octanol–water partition coefficient (Wildman–Crippen LogP) is 3.17. The lowest BCUT2D eigenvalue weighted by atomic mass is 10.1. The smallest absolute Gasteiger partial charge is 0.253 e. The molecule has 0 aliphatic heterocycles. The van der Waals surface area contributed by atoms with Gasteiger partial charge in [-0.25, -0.2) is 0 Å². The predicted molar refractivity (Wildman–Crippen MR) is 68.4 cm³/mol. The molecule has 16 heavy (non-hydrogen) atoms. The Morgan fingerprint density at radius 1 is 1.44 bits per heavy atom. The largest absolute Gasteiger partial charge is 0.349 e. The lowest BCUT2D eigenvalue weighted by molar-refractivity contribution is 0.0958. The van der Waals surface area contributed by atoms with E-state index in [-0.39, 0.29) is 5.91 Å². The second-order valence-electron chi connectivity index (χ2n) is 3.27. The van der Waals surface area contributed by atoms with E-state index in [1.54, 1.807) is 18.2 Å². The van der Waals surface area contributed by atoms with Crippen LogP contribution in [0.1, 0.15) is 15.9 Å². The molecule has 0 spiro atoms. The first-order valence-corrected chi connectivity index (χ1v) is 5.82. The number of rotatable bonds is 4. The summed E-state index contributed by atoms with van der Waals surface area (Å²) in [5.41, 5.74) is 1.39. The summed E-state index contributed by atoms with van der Waals surface area (Å²) in [6.07, 6.45) is 3.58. The maximum Gasteiger partial charge on any atom is 0.253 e. The van der Waals surface area contributed by atoms with Crippen LogP contribution < -0.4 is 5.32 Å². The normalized spacial score (nSPS) is 10.7. The maximum absolute atomic E-state index is 11.7. The van der Waals surface area contributed by atoms with Gasteiger partial charge in [0.05, 0.1) is 10.6 Å². The van der Waals surface area contributed by atoms with Gasteiger partial charge in [0.25, 0.3) is 5.91 Å². The van der Waals surface area contributed by atoms with E-state index in [2.05, 4.69) is 5.32 Å². The molecule has 0 unspecified atom stereocenters. The molecule has 86 valence electrons. The summed E-state index contributed by atoms with van der Waals surface area (Å²) in [7, 11) is 0. The van der Waals surface area contributed by atoms with Gasteiger partial charge in [-0.05, 0) is 18.6 Å². The van der Waals surface area contributed by atoms with Gasteiger partial charge >= 0.3 is 0 Å². The van der Waals surface area contributed by atoms with E-state index < -0.39 is 0 Å². The van der Waals surface area contributed by atoms with Crippen LogP contribution in [-0.4, -0.2) is 18.3 Å². The van der Waals surface area contributed by atoms with Crippen LogP contribution in [-0.2, 0) is 0 Å². The highest BCUT2D eigenvalue weighted by atomic mass is 35.5. The summed E-state index contributed by atoms with van der Waals surface area (Å²) in [5.74, 6) is 0.272. The molecule has 0 radical (unpaired) electrons. The molecule has 0 saturated carbocycles. The quantitative estimate of drug-likeness (QED) is 0.652. The Kier molecular flexibility index (Phi) is 5.36. The van der Waals surface area contributed by atoms with Crippen LogP contribution in [0.5, 0.6) is 0 Å². The topological polar surface area (TPSA) is 29.1 Å². The summed E-state index contributed by atoms with van der Waals surface area (Å²) in [5, 5.41) is 3.23. The number of amides is 1. The van der Waals surface area contributed by atoms with Gasteiger partial charge in [-0.3, -0.25) is 4.79 Å². The third kappa shape index (κ3) is 3.54. The maximum atomic E-state index is 11.7. The van der Waals surface area contributed by atoms with Crippen LogP contribution in [0, 0.1) is 6.92 Å². The van der Waals surface area contributed by atoms with E-state index >= 15 is 0 Å². The van der Waals surface area contributed by atoms with E-state index in [1.165, 1.54) is 0 Å². The van der Waals surface area contributed by atoms with Crippen molar-refractivity contribution in [3.8, 4) is 0 Å². The first-order chi connectivity index (χ1) is 7.66. The molecule has 1 aromatic carbocycles. The highest BCUT2D eigenvalue weighted by Crippen LogP contribution is 2.19. The van der Waals surface area contributed by atoms with Crippen molar-refractivity contribution in [3.63, 3.8) is 0 Å². The van der Waals surface area contributed by atoms with E-state index in [0.717, 1.165) is 5.56 Å². The van der Waals surface area contributed by atoms with Crippen LogP contribution >= 0.6 is 23.2 Å². The molecule has 0 saturated heterocycles. The number of aryl methyl sites for hydroxylation is 1. The second kappa shape index (κ2) is 6.56. The summed E-state index contributed by atoms with van der Waals surface area (Å²) >= 11 is 11.5. The van der Waals surface area contributed by atoms with Crippen molar-refractivity contribution in [2.45, 2.75) is 6.92 Å². The molecule has 0 aromatic heterocycles. The van der Waals surface area contributed by atoms with Gasteiger partial charge in [-0.2, -0.15) is 0 Å². The van der Waals surface area contributed by atoms with Gasteiger partial charge in [0.15, 0.2) is 0 Å². The Hall–Kier alpha value is -0.990. The van der Waals surface area contributed by atoms with Gasteiger partial charge in [-0.1, -0.05) is 35.9 Å². The van der Waals surface area contributed by atoms with Gasteiger partial charge in [0, 0.05) is 12.4 Å². The first-order valence-electron chi connectivity index (χ1n) is 4.91. The lowest BCUT2D eigenvalue weighted by Crippen LogP contribution is -2.23. The Labute approximate surface area is 105 Å². The van der Waals surface area contributed by atoms with Gasteiger partial charge in [-0.15, -0.1) is 11.6 Å². The third-order valence-corrected chi connectivity index (χ3v) is 2.75. The molecule has 0 aliphatic carbocycles. The summed E-state index contributed by atoms with van der Waals surface area (Å²) < 4.78 is 0. The highest BCUT2D eigenvalue weighted by molar-refractivity contribution is 6.34. The molecule has 1 rings (SSSR count). The molecule has 0 fully saturated rings. The number of hydrogen-bond acceptors (Lipinski definition) is 1. The molecular weight excluding hydrogens is 245 g/mol. The fourth-order valence-corrected chi connectivity index (χ4v) is 1.55. The molecule has 2 nitrogen and oxygen atoms in total. The average Bonchev–Trinajstić information content (AvgIpc) is 2.28. The highest BCUT2D eigenvalue weighted by Gasteiger charge is 2.09. The van der Waals surface area contributed by atoms with Crippen molar-refractivity contribution >= 4 is 29.1 Å². The van der Waals surface area contributed by atoms with Crippen molar-refractivity contribution in [2.24, 2.45) is 0 Å². The molecule has 0 atom stereocenters. The summed E-state index contributed by atoms with van der Waals surface area (Å²) in [6, 6.07) is 5.38. The molecule has 0 heterocycles. The Morgan fingerprint density at radius 2 is 2.19 bits per heavy atom. The Balaban J connectivity index is 2.66. The number of alkyl halides is 1. The number of benzene rings is 1. The lowest BCUT2D eigenvalue weighted by Gasteiger charge is -2.06. The van der Waals surface area contributed by atoms with Crippen molar-refractivity contribution in [1.29, 1.82) is 0 Å². The number of halogens is 2. The molecule has 4 heteroatoms. The zero-order chi connectivity index (χ0) is 12.0. The Morgan fingerprint density at radius 3 is 2.88 bits per heavy atom. The second-order valence-corrected chi connectivity index (χ2v) is 3.96. The summed E-state index contributed by atoms with van der Waals surface area (Å²) in [6.45, 7) is 2.32. The van der Waals surface area contributed by atoms with Crippen molar-refractivity contribution in [2.75, 3.05) is 12.4 Å².